The predicted molar refractivity (Wildman–Crippen MR) is 58.7 cm³/mol. The van der Waals surface area contributed by atoms with Gasteiger partial charge >= 0.3 is 0 Å². The lowest BCUT2D eigenvalue weighted by Gasteiger charge is -2.32. The van der Waals surface area contributed by atoms with Gasteiger partial charge in [0, 0.05) is 38.5 Å². The van der Waals surface area contributed by atoms with Gasteiger partial charge in [-0.15, -0.1) is 0 Å². The summed E-state index contributed by atoms with van der Waals surface area (Å²) in [6, 6.07) is 0. The quantitative estimate of drug-likeness (QED) is 0.749. The summed E-state index contributed by atoms with van der Waals surface area (Å²) in [6.07, 6.45) is 1.45. The summed E-state index contributed by atoms with van der Waals surface area (Å²) in [7, 11) is 0. The van der Waals surface area contributed by atoms with E-state index < -0.39 is 11.8 Å². The Hall–Kier alpha value is -0.710. The van der Waals surface area contributed by atoms with Crippen molar-refractivity contribution in [3.63, 3.8) is 0 Å². The van der Waals surface area contributed by atoms with Crippen molar-refractivity contribution in [2.75, 3.05) is 26.2 Å². The fourth-order valence-electron chi connectivity index (χ4n) is 3.33. The molecule has 0 aromatic rings. The Morgan fingerprint density at radius 1 is 1.29 bits per heavy atom. The first-order valence-corrected chi connectivity index (χ1v) is 6.45. The molecule has 1 aliphatic carbocycles. The highest BCUT2D eigenvalue weighted by atomic mass is 19.3. The van der Waals surface area contributed by atoms with Crippen LogP contribution in [0.5, 0.6) is 0 Å². The van der Waals surface area contributed by atoms with Gasteiger partial charge in [0.2, 0.25) is 5.91 Å². The molecule has 0 spiro atoms. The van der Waals surface area contributed by atoms with Gasteiger partial charge in [0.25, 0.3) is 5.92 Å². The molecule has 1 N–H and O–H groups in total. The average Bonchev–Trinajstić information content (AvgIpc) is 2.59. The van der Waals surface area contributed by atoms with Crippen LogP contribution < -0.4 is 5.32 Å². The number of carbonyl (C=O) groups is 1. The van der Waals surface area contributed by atoms with E-state index in [2.05, 4.69) is 5.32 Å². The number of amides is 1. The van der Waals surface area contributed by atoms with Gasteiger partial charge in [0.05, 0.1) is 5.92 Å². The molecule has 3 rings (SSSR count). The zero-order valence-electron chi connectivity index (χ0n) is 9.79. The fourth-order valence-corrected chi connectivity index (χ4v) is 3.33. The van der Waals surface area contributed by atoms with Crippen LogP contribution in [0.3, 0.4) is 0 Å². The molecule has 1 amide bonds. The lowest BCUT2D eigenvalue weighted by atomic mass is 9.79. The minimum atomic E-state index is -2.56. The van der Waals surface area contributed by atoms with Crippen molar-refractivity contribution in [3.8, 4) is 0 Å². The SMILES string of the molecule is O=C(C1CNC1)N1C[C@H]2CCCC(F)(F)[C@@H]2C1. The molecule has 1 saturated carbocycles. The van der Waals surface area contributed by atoms with Crippen molar-refractivity contribution in [1.29, 1.82) is 0 Å². The fraction of sp³-hybridized carbons (Fsp3) is 0.917. The topological polar surface area (TPSA) is 32.3 Å². The summed E-state index contributed by atoms with van der Waals surface area (Å²) in [4.78, 5) is 13.7. The molecule has 96 valence electrons. The molecule has 3 aliphatic rings. The van der Waals surface area contributed by atoms with E-state index >= 15 is 0 Å². The molecule has 0 aromatic heterocycles. The molecular weight excluding hydrogens is 226 g/mol. The Kier molecular flexibility index (Phi) is 2.61. The molecule has 0 aromatic carbocycles. The van der Waals surface area contributed by atoms with Gasteiger partial charge < -0.3 is 10.2 Å². The number of alkyl halides is 2. The number of nitrogens with one attached hydrogen (secondary N) is 1. The molecule has 2 aliphatic heterocycles. The van der Waals surface area contributed by atoms with Gasteiger partial charge in [-0.05, 0) is 18.8 Å². The number of carbonyl (C=O) groups excluding carboxylic acids is 1. The molecule has 17 heavy (non-hydrogen) atoms. The number of halogens is 2. The predicted octanol–water partition coefficient (Wildman–Crippen LogP) is 1.10. The van der Waals surface area contributed by atoms with Crippen molar-refractivity contribution < 1.29 is 13.6 Å². The van der Waals surface area contributed by atoms with Crippen LogP contribution in [0.4, 0.5) is 8.78 Å². The van der Waals surface area contributed by atoms with Crippen LogP contribution >= 0.6 is 0 Å². The Morgan fingerprint density at radius 3 is 2.65 bits per heavy atom. The highest BCUT2D eigenvalue weighted by Crippen LogP contribution is 2.46. The Balaban J connectivity index is 1.69. The summed E-state index contributed by atoms with van der Waals surface area (Å²) < 4.78 is 27.5. The molecule has 0 unspecified atom stereocenters. The van der Waals surface area contributed by atoms with Crippen LogP contribution in [0.25, 0.3) is 0 Å². The lowest BCUT2D eigenvalue weighted by molar-refractivity contribution is -0.136. The van der Waals surface area contributed by atoms with E-state index in [4.69, 9.17) is 0 Å². The third kappa shape index (κ3) is 1.84. The van der Waals surface area contributed by atoms with Crippen LogP contribution in [0, 0.1) is 17.8 Å². The van der Waals surface area contributed by atoms with Crippen molar-refractivity contribution in [1.82, 2.24) is 10.2 Å². The zero-order chi connectivity index (χ0) is 12.0. The Bertz CT molecular complexity index is 330. The average molecular weight is 244 g/mol. The van der Waals surface area contributed by atoms with Crippen LogP contribution in [0.15, 0.2) is 0 Å². The monoisotopic (exact) mass is 244 g/mol. The second-order valence-corrected chi connectivity index (χ2v) is 5.62. The van der Waals surface area contributed by atoms with Crippen molar-refractivity contribution in [2.45, 2.75) is 25.2 Å². The molecule has 2 saturated heterocycles. The van der Waals surface area contributed by atoms with E-state index in [9.17, 15) is 13.6 Å². The van der Waals surface area contributed by atoms with E-state index in [1.165, 1.54) is 0 Å². The summed E-state index contributed by atoms with van der Waals surface area (Å²) >= 11 is 0. The van der Waals surface area contributed by atoms with Crippen LogP contribution in [0.1, 0.15) is 19.3 Å². The summed E-state index contributed by atoms with van der Waals surface area (Å²) in [5.74, 6) is -3.02. The van der Waals surface area contributed by atoms with Gasteiger partial charge in [-0.2, -0.15) is 0 Å². The van der Waals surface area contributed by atoms with Crippen LogP contribution in [-0.2, 0) is 4.79 Å². The molecule has 3 nitrogen and oxygen atoms in total. The van der Waals surface area contributed by atoms with Crippen molar-refractivity contribution in [3.05, 3.63) is 0 Å². The summed E-state index contributed by atoms with van der Waals surface area (Å²) in [6.45, 7) is 2.24. The Labute approximate surface area is 99.5 Å². The van der Waals surface area contributed by atoms with E-state index in [0.29, 0.717) is 26.1 Å². The standard InChI is InChI=1S/C12H18F2N2O/c13-12(14)3-1-2-8-6-16(7-10(8)12)11(17)9-4-15-5-9/h8-10,15H,1-7H2/t8-,10-/m1/s1. The molecule has 2 atom stereocenters. The van der Waals surface area contributed by atoms with Gasteiger partial charge in [-0.3, -0.25) is 4.79 Å². The number of likely N-dealkylation sites (tertiary alicyclic amines) is 1. The second kappa shape index (κ2) is 3.90. The van der Waals surface area contributed by atoms with Crippen LogP contribution in [0.2, 0.25) is 0 Å². The highest BCUT2D eigenvalue weighted by Gasteiger charge is 2.52. The normalized spacial score (nSPS) is 36.5. The first kappa shape index (κ1) is 11.4. The number of nitrogens with zero attached hydrogens (tertiary/aromatic N) is 1. The first-order valence-electron chi connectivity index (χ1n) is 6.45. The highest BCUT2D eigenvalue weighted by molar-refractivity contribution is 5.80. The largest absolute Gasteiger partial charge is 0.342 e. The minimum Gasteiger partial charge on any atom is -0.342 e. The number of fused-ring (bicyclic) bond motifs is 1. The minimum absolute atomic E-state index is 0.00117. The molecule has 0 bridgehead atoms. The lowest BCUT2D eigenvalue weighted by Crippen LogP contribution is -2.51. The van der Waals surface area contributed by atoms with Crippen LogP contribution in [-0.4, -0.2) is 42.9 Å². The maximum atomic E-state index is 13.7. The van der Waals surface area contributed by atoms with Gasteiger partial charge in [0.1, 0.15) is 0 Å². The third-order valence-corrected chi connectivity index (χ3v) is 4.51. The van der Waals surface area contributed by atoms with Gasteiger partial charge in [-0.1, -0.05) is 0 Å². The number of hydrogen-bond donors (Lipinski definition) is 1. The summed E-state index contributed by atoms with van der Waals surface area (Å²) in [5, 5.41) is 3.05. The van der Waals surface area contributed by atoms with E-state index in [1.807, 2.05) is 0 Å². The molecule has 2 heterocycles. The maximum absolute atomic E-state index is 13.7. The second-order valence-electron chi connectivity index (χ2n) is 5.62. The molecule has 5 heteroatoms. The van der Waals surface area contributed by atoms with Gasteiger partial charge in [-0.25, -0.2) is 8.78 Å². The molecule has 0 radical (unpaired) electrons. The zero-order valence-corrected chi connectivity index (χ0v) is 9.79. The van der Waals surface area contributed by atoms with E-state index in [0.717, 1.165) is 6.42 Å². The number of rotatable bonds is 1. The maximum Gasteiger partial charge on any atom is 0.252 e. The smallest absolute Gasteiger partial charge is 0.252 e. The van der Waals surface area contributed by atoms with Gasteiger partial charge in [0.15, 0.2) is 0 Å². The van der Waals surface area contributed by atoms with Crippen molar-refractivity contribution >= 4 is 5.91 Å². The van der Waals surface area contributed by atoms with Crippen molar-refractivity contribution in [2.24, 2.45) is 17.8 Å². The third-order valence-electron chi connectivity index (χ3n) is 4.51. The van der Waals surface area contributed by atoms with E-state index in [1.54, 1.807) is 4.90 Å². The Morgan fingerprint density at radius 2 is 2.06 bits per heavy atom. The molecular formula is C12H18F2N2O. The number of hydrogen-bond acceptors (Lipinski definition) is 2. The summed E-state index contributed by atoms with van der Waals surface area (Å²) in [5.41, 5.74) is 0. The molecule has 3 fully saturated rings. The first-order chi connectivity index (χ1) is 8.08. The van der Waals surface area contributed by atoms with E-state index in [-0.39, 0.29) is 30.7 Å².